The van der Waals surface area contributed by atoms with E-state index in [0.29, 0.717) is 35.1 Å². The molecule has 39 heavy (non-hydrogen) atoms. The molecular weight excluding hydrogens is 578 g/mol. The Bertz CT molecular complexity index is 1690. The van der Waals surface area contributed by atoms with Crippen LogP contribution in [0.15, 0.2) is 77.3 Å². The maximum absolute atomic E-state index is 13.1. The highest BCUT2D eigenvalue weighted by molar-refractivity contribution is 7.92. The lowest BCUT2D eigenvalue weighted by Crippen LogP contribution is -2.35. The summed E-state index contributed by atoms with van der Waals surface area (Å²) < 4.78 is 92.3. The molecule has 0 amide bonds. The molecular formula is C24H20F3N3O6PS2+. The zero-order valence-corrected chi connectivity index (χ0v) is 22.4. The Kier molecular flexibility index (Phi) is 8.29. The lowest BCUT2D eigenvalue weighted by atomic mass is 10.1. The first kappa shape index (κ1) is 28.5. The molecule has 0 saturated carbocycles. The van der Waals surface area contributed by atoms with Crippen LogP contribution in [0.5, 0.6) is 11.5 Å². The van der Waals surface area contributed by atoms with Crippen LogP contribution in [0.2, 0.25) is 0 Å². The topological polar surface area (TPSA) is 130 Å². The van der Waals surface area contributed by atoms with Crippen molar-refractivity contribution in [2.75, 3.05) is 12.9 Å². The number of alkyl halides is 3. The third-order valence-electron chi connectivity index (χ3n) is 5.25. The molecule has 15 heteroatoms. The van der Waals surface area contributed by atoms with Crippen LogP contribution in [-0.4, -0.2) is 26.2 Å². The van der Waals surface area contributed by atoms with Crippen LogP contribution < -0.4 is 18.5 Å². The number of aromatic nitrogens is 1. The van der Waals surface area contributed by atoms with Crippen molar-refractivity contribution in [1.82, 2.24) is 4.72 Å². The minimum absolute atomic E-state index is 0.146. The van der Waals surface area contributed by atoms with Crippen LogP contribution in [0, 0.1) is 11.3 Å². The predicted octanol–water partition coefficient (Wildman–Crippen LogP) is 4.66. The van der Waals surface area contributed by atoms with Gasteiger partial charge in [0.1, 0.15) is 28.6 Å². The molecule has 2 heterocycles. The Hall–Kier alpha value is -3.47. The van der Waals surface area contributed by atoms with Gasteiger partial charge in [-0.2, -0.15) is 23.2 Å². The third-order valence-corrected chi connectivity index (χ3v) is 9.49. The number of nitrogens with one attached hydrogen (secondary N) is 1. The van der Waals surface area contributed by atoms with E-state index >= 15 is 0 Å². The number of ether oxygens (including phenoxy) is 1. The second kappa shape index (κ2) is 11.3. The summed E-state index contributed by atoms with van der Waals surface area (Å²) in [5, 5.41) is 9.46. The molecule has 1 unspecified atom stereocenters. The van der Waals surface area contributed by atoms with Crippen molar-refractivity contribution >= 4 is 39.0 Å². The van der Waals surface area contributed by atoms with Crippen LogP contribution in [0.25, 0.3) is 10.1 Å². The van der Waals surface area contributed by atoms with Crippen molar-refractivity contribution in [3.63, 3.8) is 0 Å². The van der Waals surface area contributed by atoms with Crippen molar-refractivity contribution in [3.8, 4) is 17.6 Å². The molecule has 0 spiro atoms. The average Bonchev–Trinajstić information content (AvgIpc) is 3.32. The van der Waals surface area contributed by atoms with Gasteiger partial charge in [0.2, 0.25) is 0 Å². The van der Waals surface area contributed by atoms with E-state index < -0.39 is 47.0 Å². The number of rotatable bonds is 10. The highest BCUT2D eigenvalue weighted by Crippen LogP contribution is 2.44. The lowest BCUT2D eigenvalue weighted by Gasteiger charge is -2.16. The summed E-state index contributed by atoms with van der Waals surface area (Å²) in [6.07, 6.45) is -2.21. The standard InChI is InChI=1S/C24H19F3N3O6PS2/c25-24(26,27)21-13-20(7-5-18(21)15-28)36-37(31,32)16-29-39(33,34)23-12-17-4-6-19(14-22(17)38-23)35-11-10-30-8-2-1-3-9-30/h1-9,12-14,29H,10-11,16H2/p+1. The van der Waals surface area contributed by atoms with Crippen molar-refractivity contribution in [3.05, 3.63) is 84.2 Å². The van der Waals surface area contributed by atoms with Gasteiger partial charge in [0.25, 0.3) is 10.0 Å². The molecule has 0 aliphatic heterocycles. The van der Waals surface area contributed by atoms with Gasteiger partial charge in [-0.1, -0.05) is 6.07 Å². The summed E-state index contributed by atoms with van der Waals surface area (Å²) in [5.41, 5.74) is -2.05. The van der Waals surface area contributed by atoms with E-state index in [0.717, 1.165) is 23.5 Å². The number of thiophene rings is 1. The van der Waals surface area contributed by atoms with Crippen LogP contribution in [0.4, 0.5) is 13.2 Å². The quantitative estimate of drug-likeness (QED) is 0.201. The van der Waals surface area contributed by atoms with Gasteiger partial charge in [-0.15, -0.1) is 11.3 Å². The monoisotopic (exact) mass is 598 g/mol. The Morgan fingerprint density at radius 2 is 1.79 bits per heavy atom. The van der Waals surface area contributed by atoms with E-state index in [9.17, 15) is 31.0 Å². The van der Waals surface area contributed by atoms with Gasteiger partial charge >= 0.3 is 13.8 Å². The Balaban J connectivity index is 1.41. The molecule has 0 saturated heterocycles. The van der Waals surface area contributed by atoms with Gasteiger partial charge in [-0.3, -0.25) is 0 Å². The van der Waals surface area contributed by atoms with Crippen molar-refractivity contribution in [2.45, 2.75) is 16.9 Å². The predicted molar refractivity (Wildman–Crippen MR) is 136 cm³/mol. The first-order chi connectivity index (χ1) is 18.4. The zero-order chi connectivity index (χ0) is 28.3. The fourth-order valence-electron chi connectivity index (χ4n) is 3.41. The summed E-state index contributed by atoms with van der Waals surface area (Å²) in [6, 6.07) is 15.6. The molecule has 0 bridgehead atoms. The van der Waals surface area contributed by atoms with Crippen molar-refractivity contribution in [1.29, 1.82) is 5.26 Å². The SMILES string of the molecule is N#Cc1ccc(OP(=O)(O)CNS(=O)(=O)c2cc3ccc(OCC[n+]4ccccc4)cc3s2)cc1C(F)(F)F. The van der Waals surface area contributed by atoms with Crippen LogP contribution in [0.1, 0.15) is 11.1 Å². The van der Waals surface area contributed by atoms with Crippen molar-refractivity contribution < 1.29 is 44.9 Å². The minimum Gasteiger partial charge on any atom is -0.487 e. The lowest BCUT2D eigenvalue weighted by molar-refractivity contribution is -0.697. The van der Waals surface area contributed by atoms with Gasteiger partial charge in [0, 0.05) is 16.8 Å². The first-order valence-corrected chi connectivity index (χ1v) is 15.2. The van der Waals surface area contributed by atoms with E-state index in [4.69, 9.17) is 14.5 Å². The second-order valence-corrected chi connectivity index (χ2v) is 12.9. The average molecular weight is 599 g/mol. The highest BCUT2D eigenvalue weighted by Gasteiger charge is 2.35. The van der Waals surface area contributed by atoms with E-state index in [1.54, 1.807) is 18.2 Å². The third kappa shape index (κ3) is 7.35. The molecule has 0 radical (unpaired) electrons. The van der Waals surface area contributed by atoms with E-state index in [1.807, 2.05) is 39.9 Å². The van der Waals surface area contributed by atoms with Crippen LogP contribution in [-0.2, 0) is 27.3 Å². The summed E-state index contributed by atoms with van der Waals surface area (Å²) >= 11 is 0.908. The fraction of sp³-hybridized carbons (Fsp3) is 0.167. The number of pyridine rings is 1. The fourth-order valence-corrected chi connectivity index (χ4v) is 7.38. The molecule has 2 aromatic carbocycles. The summed E-state index contributed by atoms with van der Waals surface area (Å²) in [4.78, 5) is 10.1. The molecule has 0 aliphatic rings. The zero-order valence-electron chi connectivity index (χ0n) is 19.8. The van der Waals surface area contributed by atoms with E-state index in [2.05, 4.69) is 0 Å². The largest absolute Gasteiger partial charge is 0.487 e. The number of hydrogen-bond donors (Lipinski definition) is 2. The summed E-state index contributed by atoms with van der Waals surface area (Å²) in [6.45, 7) is 0.990. The Labute approximate surface area is 225 Å². The molecule has 0 fully saturated rings. The van der Waals surface area contributed by atoms with E-state index in [-0.39, 0.29) is 4.21 Å². The maximum Gasteiger partial charge on any atom is 0.417 e. The molecule has 4 aromatic rings. The van der Waals surface area contributed by atoms with Crippen LogP contribution >= 0.6 is 18.9 Å². The molecule has 4 rings (SSSR count). The minimum atomic E-state index is -4.90. The van der Waals surface area contributed by atoms with Gasteiger partial charge in [-0.25, -0.2) is 17.5 Å². The Morgan fingerprint density at radius 3 is 2.49 bits per heavy atom. The molecule has 2 aromatic heterocycles. The first-order valence-electron chi connectivity index (χ1n) is 11.1. The number of nitrogens with zero attached hydrogens (tertiary/aromatic N) is 2. The number of halogens is 3. The molecule has 9 nitrogen and oxygen atoms in total. The summed E-state index contributed by atoms with van der Waals surface area (Å²) in [5.74, 6) is -0.113. The molecule has 1 atom stereocenters. The van der Waals surface area contributed by atoms with E-state index in [1.165, 1.54) is 12.1 Å². The van der Waals surface area contributed by atoms with Crippen molar-refractivity contribution in [2.24, 2.45) is 0 Å². The maximum atomic E-state index is 13.1. The second-order valence-electron chi connectivity index (χ2n) is 8.08. The molecule has 204 valence electrons. The highest BCUT2D eigenvalue weighted by atomic mass is 32.2. The van der Waals surface area contributed by atoms with Gasteiger partial charge in [0.05, 0.1) is 17.2 Å². The van der Waals surface area contributed by atoms with Gasteiger partial charge < -0.3 is 14.2 Å². The normalized spacial score (nSPS) is 13.5. The number of fused-ring (bicyclic) bond motifs is 1. The smallest absolute Gasteiger partial charge is 0.417 e. The number of benzene rings is 2. The number of hydrogen-bond acceptors (Lipinski definition) is 7. The van der Waals surface area contributed by atoms with Crippen LogP contribution in [0.3, 0.4) is 0 Å². The molecule has 0 aliphatic carbocycles. The Morgan fingerprint density at radius 1 is 1.08 bits per heavy atom. The molecule has 2 N–H and O–H groups in total. The van der Waals surface area contributed by atoms with Gasteiger partial charge in [-0.05, 0) is 47.9 Å². The van der Waals surface area contributed by atoms with Gasteiger partial charge in [0.15, 0.2) is 18.9 Å². The number of nitriles is 1. The number of sulfonamides is 1. The summed E-state index contributed by atoms with van der Waals surface area (Å²) in [7, 11) is -9.03.